The number of pyridine rings is 1. The molecule has 1 aliphatic rings. The molecule has 3 rings (SSSR count). The number of hydrogen-bond acceptors (Lipinski definition) is 3. The molecule has 1 amide bonds. The smallest absolute Gasteiger partial charge is 0.227 e. The number of imidazole rings is 1. The average Bonchev–Trinajstić information content (AvgIpc) is 2.93. The van der Waals surface area contributed by atoms with Crippen molar-refractivity contribution in [2.75, 3.05) is 13.1 Å². The molecular weight excluding hydrogens is 324 g/mol. The van der Waals surface area contributed by atoms with Gasteiger partial charge < -0.3 is 9.47 Å². The van der Waals surface area contributed by atoms with Crippen LogP contribution < -0.4 is 0 Å². The maximum absolute atomic E-state index is 12.7. The Morgan fingerprint density at radius 3 is 2.73 bits per heavy atom. The lowest BCUT2D eigenvalue weighted by Crippen LogP contribution is -2.45. The molecular formula is C21H30N4O. The molecule has 0 bridgehead atoms. The van der Waals surface area contributed by atoms with Gasteiger partial charge in [-0.2, -0.15) is 0 Å². The van der Waals surface area contributed by atoms with E-state index in [0.29, 0.717) is 5.92 Å². The topological polar surface area (TPSA) is 51.0 Å². The first-order chi connectivity index (χ1) is 12.3. The minimum Gasteiger partial charge on any atom is -0.342 e. The highest BCUT2D eigenvalue weighted by Gasteiger charge is 2.31. The second kappa shape index (κ2) is 7.22. The number of carbonyl (C=O) groups excluding carboxylic acids is 1. The Morgan fingerprint density at radius 1 is 1.31 bits per heavy atom. The predicted molar refractivity (Wildman–Crippen MR) is 104 cm³/mol. The number of amides is 1. The molecule has 1 atom stereocenters. The quantitative estimate of drug-likeness (QED) is 0.846. The third kappa shape index (κ3) is 3.81. The fraction of sp³-hybridized carbons (Fsp3) is 0.571. The number of carbonyl (C=O) groups is 1. The van der Waals surface area contributed by atoms with Gasteiger partial charge in [-0.1, -0.05) is 26.8 Å². The van der Waals surface area contributed by atoms with Crippen LogP contribution in [0, 0.1) is 18.3 Å². The van der Waals surface area contributed by atoms with Crippen molar-refractivity contribution in [2.24, 2.45) is 18.4 Å². The van der Waals surface area contributed by atoms with Crippen molar-refractivity contribution in [1.29, 1.82) is 0 Å². The van der Waals surface area contributed by atoms with Gasteiger partial charge in [-0.3, -0.25) is 9.78 Å². The molecule has 26 heavy (non-hydrogen) atoms. The Bertz CT molecular complexity index is 788. The summed E-state index contributed by atoms with van der Waals surface area (Å²) in [5.41, 5.74) is 2.99. The van der Waals surface area contributed by atoms with Gasteiger partial charge in [0.1, 0.15) is 5.82 Å². The summed E-state index contributed by atoms with van der Waals surface area (Å²) in [6.07, 6.45) is 6.93. The van der Waals surface area contributed by atoms with Gasteiger partial charge in [0.25, 0.3) is 0 Å². The highest BCUT2D eigenvalue weighted by molar-refractivity contribution is 5.81. The summed E-state index contributed by atoms with van der Waals surface area (Å²) in [6.45, 7) is 9.74. The highest BCUT2D eigenvalue weighted by atomic mass is 16.2. The standard InChI is InChI=1S/C21H30N4O/c1-15-23-13-18(24(15)5)19-17(9-6-10-22-19)12-16-8-7-11-25(14-16)20(26)21(2,3)4/h6,9-10,13,16H,7-8,11-12,14H2,1-5H3. The molecule has 0 aromatic carbocycles. The first-order valence-electron chi connectivity index (χ1n) is 9.49. The Morgan fingerprint density at radius 2 is 2.08 bits per heavy atom. The van der Waals surface area contributed by atoms with Crippen molar-refractivity contribution < 1.29 is 4.79 Å². The third-order valence-corrected chi connectivity index (χ3v) is 5.31. The lowest BCUT2D eigenvalue weighted by Gasteiger charge is -2.36. The van der Waals surface area contributed by atoms with E-state index in [2.05, 4.69) is 25.5 Å². The Kier molecular flexibility index (Phi) is 5.17. The van der Waals surface area contributed by atoms with E-state index in [-0.39, 0.29) is 11.3 Å². The molecule has 140 valence electrons. The van der Waals surface area contributed by atoms with E-state index in [1.165, 1.54) is 5.56 Å². The van der Waals surface area contributed by atoms with Gasteiger partial charge in [0.05, 0.1) is 17.6 Å². The number of rotatable bonds is 3. The number of nitrogens with zero attached hydrogens (tertiary/aromatic N) is 4. The van der Waals surface area contributed by atoms with Crippen molar-refractivity contribution in [3.05, 3.63) is 35.9 Å². The lowest BCUT2D eigenvalue weighted by molar-refractivity contribution is -0.141. The first kappa shape index (κ1) is 18.6. The van der Waals surface area contributed by atoms with Crippen LogP contribution in [-0.4, -0.2) is 38.4 Å². The zero-order valence-corrected chi connectivity index (χ0v) is 16.6. The highest BCUT2D eigenvalue weighted by Crippen LogP contribution is 2.29. The van der Waals surface area contributed by atoms with Gasteiger partial charge in [0.2, 0.25) is 5.91 Å². The maximum atomic E-state index is 12.7. The predicted octanol–water partition coefficient (Wildman–Crippen LogP) is 3.62. The molecule has 0 radical (unpaired) electrons. The molecule has 0 N–H and O–H groups in total. The van der Waals surface area contributed by atoms with E-state index >= 15 is 0 Å². The van der Waals surface area contributed by atoms with Crippen LogP contribution in [0.5, 0.6) is 0 Å². The van der Waals surface area contributed by atoms with Gasteiger partial charge in [-0.05, 0) is 43.7 Å². The molecule has 1 aliphatic heterocycles. The molecule has 2 aromatic rings. The number of aryl methyl sites for hydroxylation is 1. The van der Waals surface area contributed by atoms with Gasteiger partial charge in [0, 0.05) is 31.7 Å². The van der Waals surface area contributed by atoms with Crippen molar-refractivity contribution >= 4 is 5.91 Å². The molecule has 5 nitrogen and oxygen atoms in total. The second-order valence-electron chi connectivity index (χ2n) is 8.47. The molecule has 2 aromatic heterocycles. The maximum Gasteiger partial charge on any atom is 0.227 e. The van der Waals surface area contributed by atoms with Crippen LogP contribution in [0.25, 0.3) is 11.4 Å². The van der Waals surface area contributed by atoms with Crippen LogP contribution in [-0.2, 0) is 18.3 Å². The molecule has 1 unspecified atom stereocenters. The molecule has 0 aliphatic carbocycles. The molecule has 3 heterocycles. The minimum absolute atomic E-state index is 0.260. The zero-order valence-electron chi connectivity index (χ0n) is 16.6. The summed E-state index contributed by atoms with van der Waals surface area (Å²) in [7, 11) is 2.03. The van der Waals surface area contributed by atoms with Crippen molar-refractivity contribution in [3.8, 4) is 11.4 Å². The van der Waals surface area contributed by atoms with Crippen molar-refractivity contribution in [1.82, 2.24) is 19.4 Å². The van der Waals surface area contributed by atoms with Crippen molar-refractivity contribution in [3.63, 3.8) is 0 Å². The fourth-order valence-electron chi connectivity index (χ4n) is 3.76. The Hall–Kier alpha value is -2.17. The van der Waals surface area contributed by atoms with Crippen LogP contribution in [0.2, 0.25) is 0 Å². The molecule has 5 heteroatoms. The monoisotopic (exact) mass is 354 g/mol. The van der Waals surface area contributed by atoms with E-state index in [9.17, 15) is 4.79 Å². The summed E-state index contributed by atoms with van der Waals surface area (Å²) >= 11 is 0. The van der Waals surface area contributed by atoms with E-state index in [4.69, 9.17) is 0 Å². The summed E-state index contributed by atoms with van der Waals surface area (Å²) in [4.78, 5) is 23.8. The molecule has 1 saturated heterocycles. The third-order valence-electron chi connectivity index (χ3n) is 5.31. The largest absolute Gasteiger partial charge is 0.342 e. The Balaban J connectivity index is 1.79. The normalized spacial score (nSPS) is 18.2. The summed E-state index contributed by atoms with van der Waals surface area (Å²) in [6, 6.07) is 4.16. The Labute approximate surface area is 156 Å². The number of aromatic nitrogens is 3. The first-order valence-corrected chi connectivity index (χ1v) is 9.49. The molecule has 1 fully saturated rings. The molecule has 0 spiro atoms. The van der Waals surface area contributed by atoms with Gasteiger partial charge in [-0.15, -0.1) is 0 Å². The van der Waals surface area contributed by atoms with Crippen molar-refractivity contribution in [2.45, 2.75) is 47.0 Å². The van der Waals surface area contributed by atoms with Crippen LogP contribution in [0.3, 0.4) is 0 Å². The van der Waals surface area contributed by atoms with E-state index in [1.807, 2.05) is 53.2 Å². The average molecular weight is 354 g/mol. The number of likely N-dealkylation sites (tertiary alicyclic amines) is 1. The van der Waals surface area contributed by atoms with Gasteiger partial charge in [-0.25, -0.2) is 4.98 Å². The fourth-order valence-corrected chi connectivity index (χ4v) is 3.76. The number of hydrogen-bond donors (Lipinski definition) is 0. The van der Waals surface area contributed by atoms with Gasteiger partial charge in [0.15, 0.2) is 0 Å². The summed E-state index contributed by atoms with van der Waals surface area (Å²) in [5.74, 6) is 1.72. The lowest BCUT2D eigenvalue weighted by atomic mass is 9.88. The minimum atomic E-state index is -0.312. The van der Waals surface area contributed by atoms with E-state index in [0.717, 1.165) is 49.6 Å². The second-order valence-corrected chi connectivity index (χ2v) is 8.47. The van der Waals surface area contributed by atoms with E-state index in [1.54, 1.807) is 0 Å². The molecule has 0 saturated carbocycles. The SMILES string of the molecule is Cc1ncc(-c2ncccc2CC2CCCN(C(=O)C(C)(C)C)C2)n1C. The van der Waals surface area contributed by atoms with Gasteiger partial charge >= 0.3 is 0 Å². The number of piperidine rings is 1. The summed E-state index contributed by atoms with van der Waals surface area (Å²) < 4.78 is 2.09. The van der Waals surface area contributed by atoms with Crippen LogP contribution in [0.1, 0.15) is 45.0 Å². The van der Waals surface area contributed by atoms with Crippen LogP contribution >= 0.6 is 0 Å². The van der Waals surface area contributed by atoms with Crippen LogP contribution in [0.4, 0.5) is 0 Å². The van der Waals surface area contributed by atoms with E-state index < -0.39 is 0 Å². The summed E-state index contributed by atoms with van der Waals surface area (Å²) in [5, 5.41) is 0. The van der Waals surface area contributed by atoms with Crippen LogP contribution in [0.15, 0.2) is 24.5 Å². The zero-order chi connectivity index (χ0) is 18.9.